The van der Waals surface area contributed by atoms with Crippen LogP contribution in [0.1, 0.15) is 40.1 Å². The average molecular weight is 360 g/mol. The average Bonchev–Trinajstić information content (AvgIpc) is 2.52. The third-order valence-corrected chi connectivity index (χ3v) is 3.72. The van der Waals surface area contributed by atoms with E-state index in [1.165, 1.54) is 0 Å². The molecule has 0 unspecified atom stereocenters. The number of hydrogen-bond acceptors (Lipinski definition) is 2. The van der Waals surface area contributed by atoms with E-state index in [9.17, 15) is 9.59 Å². The van der Waals surface area contributed by atoms with Crippen LogP contribution in [0.15, 0.2) is 53.0 Å². The molecule has 2 aromatic carbocycles. The van der Waals surface area contributed by atoms with Gasteiger partial charge in [-0.05, 0) is 36.2 Å². The Morgan fingerprint density at radius 3 is 2.18 bits per heavy atom. The monoisotopic (exact) mass is 359 g/mol. The molecule has 2 aromatic rings. The van der Waals surface area contributed by atoms with Crippen LogP contribution in [0.2, 0.25) is 0 Å². The summed E-state index contributed by atoms with van der Waals surface area (Å²) < 4.78 is 0.909. The van der Waals surface area contributed by atoms with Crippen LogP contribution in [-0.2, 0) is 0 Å². The molecule has 4 heteroatoms. The molecule has 114 valence electrons. The van der Waals surface area contributed by atoms with Gasteiger partial charge in [-0.2, -0.15) is 0 Å². The van der Waals surface area contributed by atoms with Crippen molar-refractivity contribution in [3.05, 3.63) is 69.7 Å². The zero-order chi connectivity index (χ0) is 16.1. The maximum Gasteiger partial charge on any atom is 0.252 e. The van der Waals surface area contributed by atoms with Crippen molar-refractivity contribution in [2.45, 2.75) is 13.8 Å². The zero-order valence-electron chi connectivity index (χ0n) is 12.6. The molecule has 0 aliphatic heterocycles. The Hall–Kier alpha value is -1.94. The third-order valence-electron chi connectivity index (χ3n) is 3.19. The minimum absolute atomic E-state index is 0.150. The second-order valence-corrected chi connectivity index (χ2v) is 6.40. The highest BCUT2D eigenvalue weighted by Gasteiger charge is 2.17. The van der Waals surface area contributed by atoms with E-state index in [4.69, 9.17) is 0 Å². The van der Waals surface area contributed by atoms with E-state index in [2.05, 4.69) is 21.2 Å². The van der Waals surface area contributed by atoms with E-state index in [0.29, 0.717) is 29.2 Å². The number of halogens is 1. The van der Waals surface area contributed by atoms with Crippen molar-refractivity contribution >= 4 is 27.6 Å². The van der Waals surface area contributed by atoms with Crippen molar-refractivity contribution in [1.82, 2.24) is 5.32 Å². The normalized spacial score (nSPS) is 10.5. The van der Waals surface area contributed by atoms with Crippen LogP contribution < -0.4 is 5.32 Å². The molecule has 0 bridgehead atoms. The van der Waals surface area contributed by atoms with Crippen molar-refractivity contribution in [2.75, 3.05) is 6.54 Å². The number of carbonyl (C=O) groups excluding carboxylic acids is 2. The lowest BCUT2D eigenvalue weighted by Gasteiger charge is -2.11. The highest BCUT2D eigenvalue weighted by Crippen LogP contribution is 2.17. The zero-order valence-corrected chi connectivity index (χ0v) is 14.2. The molecule has 1 N–H and O–H groups in total. The lowest BCUT2D eigenvalue weighted by Crippen LogP contribution is -2.28. The summed E-state index contributed by atoms with van der Waals surface area (Å²) in [7, 11) is 0. The summed E-state index contributed by atoms with van der Waals surface area (Å²) in [5, 5.41) is 2.86. The molecular formula is C18H18BrNO2. The van der Waals surface area contributed by atoms with E-state index < -0.39 is 0 Å². The number of benzene rings is 2. The first-order valence-corrected chi connectivity index (χ1v) is 7.96. The van der Waals surface area contributed by atoms with Crippen LogP contribution in [0.4, 0.5) is 0 Å². The van der Waals surface area contributed by atoms with E-state index in [1.54, 1.807) is 36.4 Å². The lowest BCUT2D eigenvalue weighted by molar-refractivity contribution is 0.0938. The van der Waals surface area contributed by atoms with Gasteiger partial charge in [0.2, 0.25) is 0 Å². The molecule has 0 spiro atoms. The molecule has 0 aromatic heterocycles. The van der Waals surface area contributed by atoms with Crippen molar-refractivity contribution in [1.29, 1.82) is 0 Å². The topological polar surface area (TPSA) is 46.2 Å². The summed E-state index contributed by atoms with van der Waals surface area (Å²) in [6.45, 7) is 4.64. The van der Waals surface area contributed by atoms with Gasteiger partial charge in [0, 0.05) is 22.1 Å². The number of ketones is 1. The Kier molecular flexibility index (Phi) is 5.50. The Morgan fingerprint density at radius 2 is 1.59 bits per heavy atom. The first-order chi connectivity index (χ1) is 10.5. The van der Waals surface area contributed by atoms with Crippen molar-refractivity contribution < 1.29 is 9.59 Å². The van der Waals surface area contributed by atoms with Gasteiger partial charge < -0.3 is 5.32 Å². The molecule has 22 heavy (non-hydrogen) atoms. The summed E-state index contributed by atoms with van der Waals surface area (Å²) in [6, 6.07) is 14.0. The molecule has 0 atom stereocenters. The SMILES string of the molecule is CC(C)CNC(=O)c1ccccc1C(=O)c1ccc(Br)cc1. The van der Waals surface area contributed by atoms with Crippen LogP contribution in [0.5, 0.6) is 0 Å². The Morgan fingerprint density at radius 1 is 1.00 bits per heavy atom. The first-order valence-electron chi connectivity index (χ1n) is 7.16. The second-order valence-electron chi connectivity index (χ2n) is 5.49. The summed E-state index contributed by atoms with van der Waals surface area (Å²) in [6.07, 6.45) is 0. The Bertz CT molecular complexity index is 678. The van der Waals surface area contributed by atoms with Crippen LogP contribution in [-0.4, -0.2) is 18.2 Å². The van der Waals surface area contributed by atoms with Gasteiger partial charge in [-0.1, -0.05) is 48.0 Å². The highest BCUT2D eigenvalue weighted by molar-refractivity contribution is 9.10. The molecule has 0 fully saturated rings. The summed E-state index contributed by atoms with van der Waals surface area (Å²) in [5.41, 5.74) is 1.40. The molecular weight excluding hydrogens is 342 g/mol. The van der Waals surface area contributed by atoms with Crippen molar-refractivity contribution in [3.8, 4) is 0 Å². The van der Waals surface area contributed by atoms with E-state index in [1.807, 2.05) is 26.0 Å². The fraction of sp³-hybridized carbons (Fsp3) is 0.222. The number of rotatable bonds is 5. The van der Waals surface area contributed by atoms with Gasteiger partial charge in [0.25, 0.3) is 5.91 Å². The molecule has 0 heterocycles. The molecule has 0 saturated carbocycles. The fourth-order valence-corrected chi connectivity index (χ4v) is 2.29. The summed E-state index contributed by atoms with van der Waals surface area (Å²) in [4.78, 5) is 24.9. The predicted octanol–water partition coefficient (Wildman–Crippen LogP) is 4.07. The van der Waals surface area contributed by atoms with Crippen LogP contribution >= 0.6 is 15.9 Å². The molecule has 2 rings (SSSR count). The van der Waals surface area contributed by atoms with Crippen LogP contribution in [0.3, 0.4) is 0 Å². The largest absolute Gasteiger partial charge is 0.352 e. The molecule has 0 aliphatic carbocycles. The third kappa shape index (κ3) is 4.04. The lowest BCUT2D eigenvalue weighted by atomic mass is 9.98. The quantitative estimate of drug-likeness (QED) is 0.818. The van der Waals surface area contributed by atoms with Gasteiger partial charge in [-0.25, -0.2) is 0 Å². The number of nitrogens with one attached hydrogen (secondary N) is 1. The van der Waals surface area contributed by atoms with Crippen LogP contribution in [0, 0.1) is 5.92 Å². The van der Waals surface area contributed by atoms with Crippen molar-refractivity contribution in [2.24, 2.45) is 5.92 Å². The van der Waals surface area contributed by atoms with Gasteiger partial charge in [0.15, 0.2) is 5.78 Å². The molecule has 0 aliphatic rings. The van der Waals surface area contributed by atoms with Gasteiger partial charge in [-0.3, -0.25) is 9.59 Å². The first kappa shape index (κ1) is 16.4. The van der Waals surface area contributed by atoms with Gasteiger partial charge in [0.05, 0.1) is 5.56 Å². The molecule has 3 nitrogen and oxygen atoms in total. The molecule has 0 radical (unpaired) electrons. The number of amides is 1. The summed E-state index contributed by atoms with van der Waals surface area (Å²) in [5.74, 6) is -0.00385. The maximum absolute atomic E-state index is 12.6. The van der Waals surface area contributed by atoms with Crippen LogP contribution in [0.25, 0.3) is 0 Å². The van der Waals surface area contributed by atoms with E-state index >= 15 is 0 Å². The molecule has 0 saturated heterocycles. The number of carbonyl (C=O) groups is 2. The van der Waals surface area contributed by atoms with Gasteiger partial charge in [-0.15, -0.1) is 0 Å². The Labute approximate surface area is 138 Å². The fourth-order valence-electron chi connectivity index (χ4n) is 2.03. The maximum atomic E-state index is 12.6. The van der Waals surface area contributed by atoms with Gasteiger partial charge in [0.1, 0.15) is 0 Å². The predicted molar refractivity (Wildman–Crippen MR) is 91.2 cm³/mol. The van der Waals surface area contributed by atoms with E-state index in [-0.39, 0.29) is 11.7 Å². The molecule has 1 amide bonds. The Balaban J connectivity index is 2.29. The smallest absolute Gasteiger partial charge is 0.252 e. The highest BCUT2D eigenvalue weighted by atomic mass is 79.9. The standard InChI is InChI=1S/C18H18BrNO2/c1-12(2)11-20-18(22)16-6-4-3-5-15(16)17(21)13-7-9-14(19)10-8-13/h3-10,12H,11H2,1-2H3,(H,20,22). The number of hydrogen-bond donors (Lipinski definition) is 1. The van der Waals surface area contributed by atoms with Crippen molar-refractivity contribution in [3.63, 3.8) is 0 Å². The van der Waals surface area contributed by atoms with Gasteiger partial charge >= 0.3 is 0 Å². The van der Waals surface area contributed by atoms with E-state index in [0.717, 1.165) is 4.47 Å². The second kappa shape index (κ2) is 7.36. The minimum Gasteiger partial charge on any atom is -0.352 e. The summed E-state index contributed by atoms with van der Waals surface area (Å²) >= 11 is 3.35. The minimum atomic E-state index is -0.213.